The number of halogens is 1. The number of benzene rings is 1. The number of nitrogens with one attached hydrogen (secondary N) is 1. The SMILES string of the molecule is Cc1ccc(C(CNC(=O)C(C)N)N2CCCC2)cc1.Cl. The first-order valence-electron chi connectivity index (χ1n) is 7.42. The number of carbonyl (C=O) groups is 1. The molecule has 2 atom stereocenters. The van der Waals surface area contributed by atoms with Crippen LogP contribution in [0.4, 0.5) is 0 Å². The highest BCUT2D eigenvalue weighted by Crippen LogP contribution is 2.24. The van der Waals surface area contributed by atoms with Gasteiger partial charge in [-0.25, -0.2) is 0 Å². The molecular weight excluding hydrogens is 286 g/mol. The summed E-state index contributed by atoms with van der Waals surface area (Å²) in [5.41, 5.74) is 8.13. The van der Waals surface area contributed by atoms with Gasteiger partial charge in [-0.2, -0.15) is 0 Å². The number of hydrogen-bond acceptors (Lipinski definition) is 3. The van der Waals surface area contributed by atoms with Gasteiger partial charge in [0.05, 0.1) is 12.1 Å². The molecule has 1 aromatic rings. The molecular formula is C16H26ClN3O. The summed E-state index contributed by atoms with van der Waals surface area (Å²) < 4.78 is 0. The molecule has 1 amide bonds. The van der Waals surface area contributed by atoms with E-state index in [1.165, 1.54) is 24.0 Å². The molecule has 4 nitrogen and oxygen atoms in total. The number of nitrogens with zero attached hydrogens (tertiary/aromatic N) is 1. The van der Waals surface area contributed by atoms with Crippen LogP contribution in [0.2, 0.25) is 0 Å². The lowest BCUT2D eigenvalue weighted by molar-refractivity contribution is -0.122. The predicted molar refractivity (Wildman–Crippen MR) is 88.6 cm³/mol. The molecule has 0 aliphatic carbocycles. The molecule has 1 saturated heterocycles. The average Bonchev–Trinajstić information content (AvgIpc) is 2.94. The molecule has 1 aliphatic heterocycles. The summed E-state index contributed by atoms with van der Waals surface area (Å²) in [5, 5.41) is 2.97. The molecule has 1 aromatic carbocycles. The zero-order valence-electron chi connectivity index (χ0n) is 12.8. The monoisotopic (exact) mass is 311 g/mol. The fourth-order valence-corrected chi connectivity index (χ4v) is 2.66. The van der Waals surface area contributed by atoms with Crippen LogP contribution in [0.25, 0.3) is 0 Å². The highest BCUT2D eigenvalue weighted by atomic mass is 35.5. The Hall–Kier alpha value is -1.10. The van der Waals surface area contributed by atoms with E-state index in [-0.39, 0.29) is 24.4 Å². The molecule has 0 saturated carbocycles. The van der Waals surface area contributed by atoms with Crippen LogP contribution in [0, 0.1) is 6.92 Å². The molecule has 0 spiro atoms. The number of likely N-dealkylation sites (tertiary alicyclic amines) is 1. The summed E-state index contributed by atoms with van der Waals surface area (Å²) in [7, 11) is 0. The summed E-state index contributed by atoms with van der Waals surface area (Å²) in [6.07, 6.45) is 2.48. The maximum atomic E-state index is 11.7. The van der Waals surface area contributed by atoms with Crippen LogP contribution < -0.4 is 11.1 Å². The van der Waals surface area contributed by atoms with E-state index in [2.05, 4.69) is 41.4 Å². The third-order valence-electron chi connectivity index (χ3n) is 3.93. The highest BCUT2D eigenvalue weighted by Gasteiger charge is 2.24. The Bertz CT molecular complexity index is 441. The standard InChI is InChI=1S/C16H25N3O.ClH/c1-12-5-7-14(8-6-12)15(19-9-3-4-10-19)11-18-16(20)13(2)17;/h5-8,13,15H,3-4,9-11,17H2,1-2H3,(H,18,20);1H. The lowest BCUT2D eigenvalue weighted by Crippen LogP contribution is -2.43. The second kappa shape index (κ2) is 8.37. The minimum Gasteiger partial charge on any atom is -0.353 e. The fraction of sp³-hybridized carbons (Fsp3) is 0.562. The Morgan fingerprint density at radius 2 is 1.86 bits per heavy atom. The first kappa shape index (κ1) is 18.0. The predicted octanol–water partition coefficient (Wildman–Crippen LogP) is 2.02. The fourth-order valence-electron chi connectivity index (χ4n) is 2.66. The summed E-state index contributed by atoms with van der Waals surface area (Å²) >= 11 is 0. The van der Waals surface area contributed by atoms with E-state index >= 15 is 0 Å². The van der Waals surface area contributed by atoms with E-state index < -0.39 is 6.04 Å². The van der Waals surface area contributed by atoms with Gasteiger partial charge in [0.25, 0.3) is 0 Å². The first-order valence-corrected chi connectivity index (χ1v) is 7.42. The van der Waals surface area contributed by atoms with Gasteiger partial charge in [0.15, 0.2) is 0 Å². The summed E-state index contributed by atoms with van der Waals surface area (Å²) in [6.45, 7) is 6.64. The van der Waals surface area contributed by atoms with Gasteiger partial charge in [0.2, 0.25) is 5.91 Å². The van der Waals surface area contributed by atoms with Gasteiger partial charge in [-0.3, -0.25) is 9.69 Å². The Balaban J connectivity index is 0.00000220. The molecule has 1 fully saturated rings. The Morgan fingerprint density at radius 3 is 2.38 bits per heavy atom. The quantitative estimate of drug-likeness (QED) is 0.874. The molecule has 118 valence electrons. The Kier molecular flexibility index (Phi) is 7.15. The number of rotatable bonds is 5. The molecule has 5 heteroatoms. The Labute approximate surface area is 133 Å². The van der Waals surface area contributed by atoms with Gasteiger partial charge in [-0.15, -0.1) is 12.4 Å². The molecule has 0 bridgehead atoms. The minimum atomic E-state index is -0.452. The third-order valence-corrected chi connectivity index (χ3v) is 3.93. The molecule has 0 radical (unpaired) electrons. The molecule has 1 heterocycles. The van der Waals surface area contributed by atoms with Crippen molar-refractivity contribution in [2.75, 3.05) is 19.6 Å². The summed E-state index contributed by atoms with van der Waals surface area (Å²) in [4.78, 5) is 14.1. The van der Waals surface area contributed by atoms with E-state index in [1.54, 1.807) is 6.92 Å². The van der Waals surface area contributed by atoms with Gasteiger partial charge in [-0.1, -0.05) is 29.8 Å². The van der Waals surface area contributed by atoms with Crippen LogP contribution in [0.3, 0.4) is 0 Å². The number of amides is 1. The van der Waals surface area contributed by atoms with Crippen molar-refractivity contribution in [3.05, 3.63) is 35.4 Å². The number of nitrogens with two attached hydrogens (primary N) is 1. The van der Waals surface area contributed by atoms with Gasteiger partial charge in [0, 0.05) is 6.54 Å². The molecule has 0 aromatic heterocycles. The first-order chi connectivity index (χ1) is 9.58. The lowest BCUT2D eigenvalue weighted by atomic mass is 10.0. The van der Waals surface area contributed by atoms with Crippen molar-refractivity contribution in [1.82, 2.24) is 10.2 Å². The number of carbonyl (C=O) groups excluding carboxylic acids is 1. The average molecular weight is 312 g/mol. The van der Waals surface area contributed by atoms with E-state index in [0.29, 0.717) is 6.54 Å². The van der Waals surface area contributed by atoms with Crippen molar-refractivity contribution in [3.8, 4) is 0 Å². The van der Waals surface area contributed by atoms with Crippen molar-refractivity contribution in [2.24, 2.45) is 5.73 Å². The van der Waals surface area contributed by atoms with Crippen molar-refractivity contribution in [1.29, 1.82) is 0 Å². The van der Waals surface area contributed by atoms with Gasteiger partial charge < -0.3 is 11.1 Å². The Morgan fingerprint density at radius 1 is 1.29 bits per heavy atom. The zero-order chi connectivity index (χ0) is 14.5. The van der Waals surface area contributed by atoms with Crippen LogP contribution in [0.5, 0.6) is 0 Å². The largest absolute Gasteiger partial charge is 0.353 e. The van der Waals surface area contributed by atoms with Crippen molar-refractivity contribution in [2.45, 2.75) is 38.8 Å². The van der Waals surface area contributed by atoms with Gasteiger partial charge in [-0.05, 0) is 45.3 Å². The second-order valence-corrected chi connectivity index (χ2v) is 5.70. The lowest BCUT2D eigenvalue weighted by Gasteiger charge is -2.28. The van der Waals surface area contributed by atoms with Crippen LogP contribution >= 0.6 is 12.4 Å². The van der Waals surface area contributed by atoms with Gasteiger partial charge in [0.1, 0.15) is 0 Å². The van der Waals surface area contributed by atoms with E-state index in [1.807, 2.05) is 0 Å². The molecule has 1 aliphatic rings. The smallest absolute Gasteiger partial charge is 0.236 e. The highest BCUT2D eigenvalue weighted by molar-refractivity contribution is 5.85. The molecule has 21 heavy (non-hydrogen) atoms. The van der Waals surface area contributed by atoms with E-state index in [9.17, 15) is 4.79 Å². The maximum absolute atomic E-state index is 11.7. The maximum Gasteiger partial charge on any atom is 0.236 e. The van der Waals surface area contributed by atoms with Crippen molar-refractivity contribution < 1.29 is 4.79 Å². The van der Waals surface area contributed by atoms with Crippen LogP contribution in [0.1, 0.15) is 36.9 Å². The molecule has 2 rings (SSSR count). The normalized spacial score (nSPS) is 17.9. The number of aryl methyl sites for hydroxylation is 1. The van der Waals surface area contributed by atoms with Crippen molar-refractivity contribution in [3.63, 3.8) is 0 Å². The topological polar surface area (TPSA) is 58.4 Å². The third kappa shape index (κ3) is 4.99. The van der Waals surface area contributed by atoms with Crippen LogP contribution in [0.15, 0.2) is 24.3 Å². The van der Waals surface area contributed by atoms with Gasteiger partial charge >= 0.3 is 0 Å². The van der Waals surface area contributed by atoms with E-state index in [0.717, 1.165) is 13.1 Å². The summed E-state index contributed by atoms with van der Waals surface area (Å²) in [5.74, 6) is -0.0821. The zero-order valence-corrected chi connectivity index (χ0v) is 13.7. The van der Waals surface area contributed by atoms with Crippen LogP contribution in [-0.2, 0) is 4.79 Å². The second-order valence-electron chi connectivity index (χ2n) is 5.70. The molecule has 3 N–H and O–H groups in total. The van der Waals surface area contributed by atoms with Crippen molar-refractivity contribution >= 4 is 18.3 Å². The summed E-state index contributed by atoms with van der Waals surface area (Å²) in [6, 6.07) is 8.39. The molecule has 2 unspecified atom stereocenters. The number of hydrogen-bond donors (Lipinski definition) is 2. The minimum absolute atomic E-state index is 0. The van der Waals surface area contributed by atoms with E-state index in [4.69, 9.17) is 5.73 Å². The van der Waals surface area contributed by atoms with Crippen LogP contribution in [-0.4, -0.2) is 36.5 Å².